The standard InChI is InChI=1S/C13H26N2O/c1-3-12-5-4-10(2)15(12)8-13(14)11-6-7-16-9-11/h10-13H,3-9,14H2,1-2H3. The third-order valence-electron chi connectivity index (χ3n) is 4.42. The molecule has 94 valence electrons. The van der Waals surface area contributed by atoms with Gasteiger partial charge in [-0.15, -0.1) is 0 Å². The Hall–Kier alpha value is -0.120. The van der Waals surface area contributed by atoms with Crippen molar-refractivity contribution in [3.63, 3.8) is 0 Å². The van der Waals surface area contributed by atoms with Crippen LogP contribution in [0.2, 0.25) is 0 Å². The minimum Gasteiger partial charge on any atom is -0.381 e. The van der Waals surface area contributed by atoms with Gasteiger partial charge in [0.1, 0.15) is 0 Å². The van der Waals surface area contributed by atoms with Crippen LogP contribution in [0.4, 0.5) is 0 Å². The predicted octanol–water partition coefficient (Wildman–Crippen LogP) is 1.61. The van der Waals surface area contributed by atoms with E-state index in [2.05, 4.69) is 18.7 Å². The number of rotatable bonds is 4. The molecule has 0 amide bonds. The lowest BCUT2D eigenvalue weighted by molar-refractivity contribution is 0.150. The Morgan fingerprint density at radius 2 is 2.19 bits per heavy atom. The Morgan fingerprint density at radius 3 is 2.81 bits per heavy atom. The van der Waals surface area contributed by atoms with E-state index in [-0.39, 0.29) is 0 Å². The van der Waals surface area contributed by atoms with Crippen LogP contribution in [0.15, 0.2) is 0 Å². The molecule has 0 radical (unpaired) electrons. The summed E-state index contributed by atoms with van der Waals surface area (Å²) >= 11 is 0. The van der Waals surface area contributed by atoms with Gasteiger partial charge < -0.3 is 10.5 Å². The molecule has 4 unspecified atom stereocenters. The second-order valence-corrected chi connectivity index (χ2v) is 5.47. The molecule has 0 aromatic carbocycles. The van der Waals surface area contributed by atoms with E-state index in [1.165, 1.54) is 19.3 Å². The van der Waals surface area contributed by atoms with Gasteiger partial charge in [0.2, 0.25) is 0 Å². The summed E-state index contributed by atoms with van der Waals surface area (Å²) in [6, 6.07) is 1.79. The molecule has 0 aromatic rings. The molecule has 3 heteroatoms. The third-order valence-corrected chi connectivity index (χ3v) is 4.42. The average molecular weight is 226 g/mol. The van der Waals surface area contributed by atoms with Crippen molar-refractivity contribution in [3.8, 4) is 0 Å². The number of nitrogens with two attached hydrogens (primary N) is 1. The number of nitrogens with zero attached hydrogens (tertiary/aromatic N) is 1. The maximum absolute atomic E-state index is 6.32. The molecule has 0 bridgehead atoms. The zero-order valence-corrected chi connectivity index (χ0v) is 10.7. The Morgan fingerprint density at radius 1 is 1.38 bits per heavy atom. The van der Waals surface area contributed by atoms with Crippen molar-refractivity contribution in [3.05, 3.63) is 0 Å². The molecule has 0 aromatic heterocycles. The molecule has 2 aliphatic heterocycles. The van der Waals surface area contributed by atoms with Crippen LogP contribution < -0.4 is 5.73 Å². The van der Waals surface area contributed by atoms with Crippen molar-refractivity contribution in [2.75, 3.05) is 19.8 Å². The van der Waals surface area contributed by atoms with Gasteiger partial charge in [-0.25, -0.2) is 0 Å². The highest BCUT2D eigenvalue weighted by Crippen LogP contribution is 2.27. The first-order valence-electron chi connectivity index (χ1n) is 6.81. The minimum absolute atomic E-state index is 0.303. The molecule has 16 heavy (non-hydrogen) atoms. The van der Waals surface area contributed by atoms with E-state index in [1.807, 2.05) is 0 Å². The molecule has 2 saturated heterocycles. The molecule has 2 N–H and O–H groups in total. The molecule has 2 aliphatic rings. The topological polar surface area (TPSA) is 38.5 Å². The summed E-state index contributed by atoms with van der Waals surface area (Å²) in [6.45, 7) is 7.48. The summed E-state index contributed by atoms with van der Waals surface area (Å²) in [7, 11) is 0. The fourth-order valence-corrected chi connectivity index (χ4v) is 3.18. The Balaban J connectivity index is 1.86. The third kappa shape index (κ3) is 2.58. The van der Waals surface area contributed by atoms with E-state index >= 15 is 0 Å². The molecule has 2 heterocycles. The Bertz CT molecular complexity index is 216. The normalized spacial score (nSPS) is 38.1. The summed E-state index contributed by atoms with van der Waals surface area (Å²) in [5.41, 5.74) is 6.32. The van der Waals surface area contributed by atoms with Crippen LogP contribution in [0, 0.1) is 5.92 Å². The molecule has 0 spiro atoms. The Kier molecular flexibility index (Phi) is 4.22. The summed E-state index contributed by atoms with van der Waals surface area (Å²) in [6.07, 6.45) is 5.11. The molecule has 3 nitrogen and oxygen atoms in total. The van der Waals surface area contributed by atoms with Crippen LogP contribution in [-0.4, -0.2) is 42.8 Å². The first-order valence-corrected chi connectivity index (χ1v) is 6.81. The van der Waals surface area contributed by atoms with Gasteiger partial charge in [-0.1, -0.05) is 6.92 Å². The van der Waals surface area contributed by atoms with Crippen molar-refractivity contribution in [1.82, 2.24) is 4.90 Å². The minimum atomic E-state index is 0.303. The van der Waals surface area contributed by atoms with Crippen LogP contribution >= 0.6 is 0 Å². The van der Waals surface area contributed by atoms with E-state index in [1.54, 1.807) is 0 Å². The van der Waals surface area contributed by atoms with Crippen molar-refractivity contribution in [2.24, 2.45) is 11.7 Å². The molecular formula is C13H26N2O. The molecule has 0 aliphatic carbocycles. The van der Waals surface area contributed by atoms with Crippen molar-refractivity contribution in [1.29, 1.82) is 0 Å². The second kappa shape index (κ2) is 5.48. The van der Waals surface area contributed by atoms with Gasteiger partial charge in [-0.3, -0.25) is 4.90 Å². The van der Waals surface area contributed by atoms with E-state index < -0.39 is 0 Å². The number of likely N-dealkylation sites (tertiary alicyclic amines) is 1. The van der Waals surface area contributed by atoms with Gasteiger partial charge in [0, 0.05) is 37.2 Å². The molecule has 2 rings (SSSR count). The highest BCUT2D eigenvalue weighted by molar-refractivity contribution is 4.88. The summed E-state index contributed by atoms with van der Waals surface area (Å²) in [5, 5.41) is 0. The lowest BCUT2D eigenvalue weighted by Gasteiger charge is -2.32. The highest BCUT2D eigenvalue weighted by Gasteiger charge is 2.32. The zero-order chi connectivity index (χ0) is 11.5. The molecule has 2 fully saturated rings. The van der Waals surface area contributed by atoms with E-state index in [9.17, 15) is 0 Å². The number of ether oxygens (including phenoxy) is 1. The van der Waals surface area contributed by atoms with Crippen LogP contribution in [0.3, 0.4) is 0 Å². The fourth-order valence-electron chi connectivity index (χ4n) is 3.18. The zero-order valence-electron chi connectivity index (χ0n) is 10.7. The van der Waals surface area contributed by atoms with E-state index in [0.717, 1.165) is 38.3 Å². The van der Waals surface area contributed by atoms with Crippen molar-refractivity contribution < 1.29 is 4.74 Å². The van der Waals surface area contributed by atoms with Crippen molar-refractivity contribution >= 4 is 0 Å². The van der Waals surface area contributed by atoms with E-state index in [4.69, 9.17) is 10.5 Å². The summed E-state index contributed by atoms with van der Waals surface area (Å²) in [4.78, 5) is 2.63. The van der Waals surface area contributed by atoms with Crippen LogP contribution in [0.5, 0.6) is 0 Å². The number of hydrogen-bond acceptors (Lipinski definition) is 3. The van der Waals surface area contributed by atoms with Crippen LogP contribution in [0.25, 0.3) is 0 Å². The molecule has 4 atom stereocenters. The maximum Gasteiger partial charge on any atom is 0.0510 e. The quantitative estimate of drug-likeness (QED) is 0.791. The lowest BCUT2D eigenvalue weighted by atomic mass is 9.99. The van der Waals surface area contributed by atoms with Gasteiger partial charge in [0.25, 0.3) is 0 Å². The fraction of sp³-hybridized carbons (Fsp3) is 1.00. The average Bonchev–Trinajstić information content (AvgIpc) is 2.89. The first kappa shape index (κ1) is 12.3. The molecular weight excluding hydrogens is 200 g/mol. The summed E-state index contributed by atoms with van der Waals surface area (Å²) < 4.78 is 5.42. The van der Waals surface area contributed by atoms with Gasteiger partial charge in [-0.2, -0.15) is 0 Å². The maximum atomic E-state index is 6.32. The predicted molar refractivity (Wildman–Crippen MR) is 66.4 cm³/mol. The Labute approximate surface area is 99.3 Å². The second-order valence-electron chi connectivity index (χ2n) is 5.47. The van der Waals surface area contributed by atoms with Gasteiger partial charge in [-0.05, 0) is 32.6 Å². The van der Waals surface area contributed by atoms with E-state index in [0.29, 0.717) is 12.0 Å². The largest absolute Gasteiger partial charge is 0.381 e. The monoisotopic (exact) mass is 226 g/mol. The highest BCUT2D eigenvalue weighted by atomic mass is 16.5. The van der Waals surface area contributed by atoms with Gasteiger partial charge >= 0.3 is 0 Å². The summed E-state index contributed by atoms with van der Waals surface area (Å²) in [5.74, 6) is 0.588. The lowest BCUT2D eigenvalue weighted by Crippen LogP contribution is -2.46. The van der Waals surface area contributed by atoms with Crippen molar-refractivity contribution in [2.45, 2.75) is 57.7 Å². The SMILES string of the molecule is CCC1CCC(C)N1CC(N)C1CCOC1. The van der Waals surface area contributed by atoms with Crippen LogP contribution in [0.1, 0.15) is 39.5 Å². The van der Waals surface area contributed by atoms with Crippen LogP contribution in [-0.2, 0) is 4.74 Å². The van der Waals surface area contributed by atoms with Gasteiger partial charge in [0.15, 0.2) is 0 Å². The number of hydrogen-bond donors (Lipinski definition) is 1. The first-order chi connectivity index (χ1) is 7.72. The molecule has 0 saturated carbocycles. The smallest absolute Gasteiger partial charge is 0.0510 e. The van der Waals surface area contributed by atoms with Gasteiger partial charge in [0.05, 0.1) is 6.61 Å².